The van der Waals surface area contributed by atoms with Gasteiger partial charge in [-0.3, -0.25) is 4.79 Å². The topological polar surface area (TPSA) is 42.7 Å². The van der Waals surface area contributed by atoms with Gasteiger partial charge in [0.15, 0.2) is 5.76 Å². The number of benzene rings is 1. The van der Waals surface area contributed by atoms with Crippen LogP contribution in [0.5, 0.6) is 5.75 Å². The summed E-state index contributed by atoms with van der Waals surface area (Å²) in [5.41, 5.74) is 2.28. The summed E-state index contributed by atoms with van der Waals surface area (Å²) in [6, 6.07) is 13.4. The van der Waals surface area contributed by atoms with E-state index < -0.39 is 0 Å². The fourth-order valence-electron chi connectivity index (χ4n) is 3.22. The minimum absolute atomic E-state index is 0.0716. The van der Waals surface area contributed by atoms with E-state index in [2.05, 4.69) is 11.4 Å². The molecular weight excluding hydrogens is 322 g/mol. The number of nitrogens with zero attached hydrogens (tertiary/aromatic N) is 1. The Morgan fingerprint density at radius 3 is 2.79 bits per heavy atom. The van der Waals surface area contributed by atoms with Crippen LogP contribution in [0.3, 0.4) is 0 Å². The molecule has 1 aromatic carbocycles. The monoisotopic (exact) mass is 339 g/mol. The largest absolute Gasteiger partial charge is 0.497 e. The van der Waals surface area contributed by atoms with Crippen molar-refractivity contribution in [3.05, 3.63) is 75.9 Å². The molecule has 0 aliphatic carbocycles. The average Bonchev–Trinajstić information content (AvgIpc) is 3.31. The molecule has 2 aromatic heterocycles. The van der Waals surface area contributed by atoms with Crippen LogP contribution in [0.25, 0.3) is 0 Å². The first-order valence-electron chi connectivity index (χ1n) is 7.82. The molecule has 0 N–H and O–H groups in total. The number of hydrogen-bond acceptors (Lipinski definition) is 4. The maximum Gasteiger partial charge on any atom is 0.290 e. The molecule has 1 aliphatic heterocycles. The van der Waals surface area contributed by atoms with Crippen LogP contribution in [0.2, 0.25) is 0 Å². The number of furan rings is 1. The predicted octanol–water partition coefficient (Wildman–Crippen LogP) is 4.14. The lowest BCUT2D eigenvalue weighted by molar-refractivity contribution is 0.0663. The third-order valence-corrected chi connectivity index (χ3v) is 5.39. The quantitative estimate of drug-likeness (QED) is 0.720. The van der Waals surface area contributed by atoms with Gasteiger partial charge in [-0.15, -0.1) is 11.3 Å². The Morgan fingerprint density at radius 1 is 1.25 bits per heavy atom. The van der Waals surface area contributed by atoms with Crippen molar-refractivity contribution in [2.24, 2.45) is 0 Å². The van der Waals surface area contributed by atoms with E-state index in [1.807, 2.05) is 29.2 Å². The molecule has 1 aliphatic rings. The van der Waals surface area contributed by atoms with Crippen molar-refractivity contribution in [3.63, 3.8) is 0 Å². The molecule has 1 unspecified atom stereocenters. The van der Waals surface area contributed by atoms with Gasteiger partial charge in [0, 0.05) is 11.4 Å². The number of fused-ring (bicyclic) bond motifs is 1. The minimum atomic E-state index is -0.0940. The molecule has 0 spiro atoms. The third-order valence-electron chi connectivity index (χ3n) is 4.39. The normalized spacial score (nSPS) is 16.7. The Bertz CT molecular complexity index is 836. The second-order valence-corrected chi connectivity index (χ2v) is 6.70. The Kier molecular flexibility index (Phi) is 3.86. The SMILES string of the molecule is COc1ccc(C2c3ccsc3CCN2C(=O)c2ccco2)cc1. The molecule has 1 atom stereocenters. The lowest BCUT2D eigenvalue weighted by Crippen LogP contribution is -2.39. The zero-order valence-electron chi connectivity index (χ0n) is 13.3. The van der Waals surface area contributed by atoms with Crippen molar-refractivity contribution in [1.29, 1.82) is 0 Å². The highest BCUT2D eigenvalue weighted by Gasteiger charge is 2.34. The Morgan fingerprint density at radius 2 is 2.08 bits per heavy atom. The van der Waals surface area contributed by atoms with Gasteiger partial charge in [-0.1, -0.05) is 12.1 Å². The van der Waals surface area contributed by atoms with Gasteiger partial charge in [0.1, 0.15) is 5.75 Å². The highest BCUT2D eigenvalue weighted by atomic mass is 32.1. The summed E-state index contributed by atoms with van der Waals surface area (Å²) >= 11 is 1.76. The second kappa shape index (κ2) is 6.17. The molecule has 122 valence electrons. The van der Waals surface area contributed by atoms with Crippen molar-refractivity contribution in [3.8, 4) is 5.75 Å². The maximum absolute atomic E-state index is 12.9. The number of amides is 1. The van der Waals surface area contributed by atoms with E-state index in [1.54, 1.807) is 30.6 Å². The van der Waals surface area contributed by atoms with Crippen LogP contribution in [-0.2, 0) is 6.42 Å². The van der Waals surface area contributed by atoms with E-state index in [0.29, 0.717) is 12.3 Å². The van der Waals surface area contributed by atoms with Gasteiger partial charge in [-0.25, -0.2) is 0 Å². The minimum Gasteiger partial charge on any atom is -0.497 e. The van der Waals surface area contributed by atoms with Crippen molar-refractivity contribution < 1.29 is 13.9 Å². The van der Waals surface area contributed by atoms with E-state index in [0.717, 1.165) is 17.7 Å². The molecular formula is C19H17NO3S. The van der Waals surface area contributed by atoms with E-state index in [9.17, 15) is 4.79 Å². The molecule has 5 heteroatoms. The van der Waals surface area contributed by atoms with Crippen LogP contribution in [-0.4, -0.2) is 24.5 Å². The summed E-state index contributed by atoms with van der Waals surface area (Å²) in [6.45, 7) is 0.684. The Balaban J connectivity index is 1.76. The number of thiophene rings is 1. The van der Waals surface area contributed by atoms with Crippen LogP contribution in [0.1, 0.15) is 32.6 Å². The van der Waals surface area contributed by atoms with Crippen molar-refractivity contribution in [2.75, 3.05) is 13.7 Å². The standard InChI is InChI=1S/C19H17NO3S/c1-22-14-6-4-13(5-7-14)18-15-9-12-24-17(15)8-10-20(18)19(21)16-3-2-11-23-16/h2-7,9,11-12,18H,8,10H2,1H3. The number of methoxy groups -OCH3 is 1. The fourth-order valence-corrected chi connectivity index (χ4v) is 4.13. The summed E-state index contributed by atoms with van der Waals surface area (Å²) in [4.78, 5) is 16.2. The van der Waals surface area contributed by atoms with Crippen molar-refractivity contribution in [1.82, 2.24) is 4.90 Å². The van der Waals surface area contributed by atoms with Crippen LogP contribution in [0.4, 0.5) is 0 Å². The van der Waals surface area contributed by atoms with Gasteiger partial charge in [0.25, 0.3) is 5.91 Å². The second-order valence-electron chi connectivity index (χ2n) is 5.70. The molecule has 3 aromatic rings. The maximum atomic E-state index is 12.9. The molecule has 3 heterocycles. The van der Waals surface area contributed by atoms with Crippen molar-refractivity contribution >= 4 is 17.2 Å². The summed E-state index contributed by atoms with van der Waals surface area (Å²) in [7, 11) is 1.65. The van der Waals surface area contributed by atoms with Crippen LogP contribution in [0, 0.1) is 0 Å². The summed E-state index contributed by atoms with van der Waals surface area (Å²) < 4.78 is 10.6. The van der Waals surface area contributed by atoms with E-state index in [-0.39, 0.29) is 11.9 Å². The molecule has 0 bridgehead atoms. The van der Waals surface area contributed by atoms with E-state index in [1.165, 1.54) is 16.7 Å². The summed E-state index contributed by atoms with van der Waals surface area (Å²) in [5.74, 6) is 1.12. The molecule has 0 saturated heterocycles. The zero-order chi connectivity index (χ0) is 16.5. The lowest BCUT2D eigenvalue weighted by atomic mass is 9.93. The molecule has 24 heavy (non-hydrogen) atoms. The summed E-state index contributed by atoms with van der Waals surface area (Å²) in [6.07, 6.45) is 2.42. The number of hydrogen-bond donors (Lipinski definition) is 0. The number of carbonyl (C=O) groups is 1. The molecule has 0 radical (unpaired) electrons. The Hall–Kier alpha value is -2.53. The number of ether oxygens (including phenoxy) is 1. The molecule has 4 rings (SSSR count). The highest BCUT2D eigenvalue weighted by Crippen LogP contribution is 2.38. The number of carbonyl (C=O) groups excluding carboxylic acids is 1. The average molecular weight is 339 g/mol. The lowest BCUT2D eigenvalue weighted by Gasteiger charge is -2.35. The van der Waals surface area contributed by atoms with Gasteiger partial charge in [0.2, 0.25) is 0 Å². The first kappa shape index (κ1) is 15.0. The highest BCUT2D eigenvalue weighted by molar-refractivity contribution is 7.10. The first-order valence-corrected chi connectivity index (χ1v) is 8.70. The molecule has 4 nitrogen and oxygen atoms in total. The van der Waals surface area contributed by atoms with Crippen molar-refractivity contribution in [2.45, 2.75) is 12.5 Å². The van der Waals surface area contributed by atoms with Gasteiger partial charge in [0.05, 0.1) is 19.4 Å². The van der Waals surface area contributed by atoms with Crippen LogP contribution >= 0.6 is 11.3 Å². The van der Waals surface area contributed by atoms with E-state index >= 15 is 0 Å². The molecule has 1 amide bonds. The summed E-state index contributed by atoms with van der Waals surface area (Å²) in [5, 5.41) is 2.10. The Labute approximate surface area is 144 Å². The molecule has 0 fully saturated rings. The molecule has 0 saturated carbocycles. The van der Waals surface area contributed by atoms with Gasteiger partial charge in [-0.2, -0.15) is 0 Å². The van der Waals surface area contributed by atoms with Crippen LogP contribution < -0.4 is 4.74 Å². The number of rotatable bonds is 3. The van der Waals surface area contributed by atoms with Gasteiger partial charge >= 0.3 is 0 Å². The smallest absolute Gasteiger partial charge is 0.290 e. The first-order chi connectivity index (χ1) is 11.8. The van der Waals surface area contributed by atoms with E-state index in [4.69, 9.17) is 9.15 Å². The van der Waals surface area contributed by atoms with Gasteiger partial charge < -0.3 is 14.1 Å². The zero-order valence-corrected chi connectivity index (χ0v) is 14.1. The fraction of sp³-hybridized carbons (Fsp3) is 0.211. The predicted molar refractivity (Wildman–Crippen MR) is 92.6 cm³/mol. The van der Waals surface area contributed by atoms with Crippen LogP contribution in [0.15, 0.2) is 58.5 Å². The van der Waals surface area contributed by atoms with Gasteiger partial charge in [-0.05, 0) is 53.3 Å². The third kappa shape index (κ3) is 2.51.